The zero-order chi connectivity index (χ0) is 14.9. The van der Waals surface area contributed by atoms with E-state index in [1.54, 1.807) is 13.0 Å². The number of rotatable bonds is 4. The van der Waals surface area contributed by atoms with Gasteiger partial charge in [-0.3, -0.25) is 4.79 Å². The number of methoxy groups -OCH3 is 1. The maximum absolute atomic E-state index is 12.0. The highest BCUT2D eigenvalue weighted by Crippen LogP contribution is 2.48. The van der Waals surface area contributed by atoms with E-state index >= 15 is 0 Å². The van der Waals surface area contributed by atoms with Crippen LogP contribution in [0.2, 0.25) is 10.0 Å². The molecule has 1 amide bonds. The highest BCUT2D eigenvalue weighted by molar-refractivity contribution is 6.34. The first-order valence-electron chi connectivity index (χ1n) is 6.26. The molecule has 1 aromatic rings. The molecule has 6 heteroatoms. The number of halogens is 2. The molecule has 0 aromatic heterocycles. The van der Waals surface area contributed by atoms with Gasteiger partial charge in [0.15, 0.2) is 0 Å². The van der Waals surface area contributed by atoms with Crippen LogP contribution in [0.4, 0.5) is 0 Å². The lowest BCUT2D eigenvalue weighted by molar-refractivity contribution is -0.144. The number of carbonyl (C=O) groups is 2. The molecule has 2 rings (SSSR count). The fraction of sp³-hybridized carbons (Fsp3) is 0.429. The molecule has 4 nitrogen and oxygen atoms in total. The Morgan fingerprint density at radius 2 is 1.90 bits per heavy atom. The minimum absolute atomic E-state index is 0.107. The largest absolute Gasteiger partial charge is 0.467 e. The predicted molar refractivity (Wildman–Crippen MR) is 76.9 cm³/mol. The summed E-state index contributed by atoms with van der Waals surface area (Å²) in [5, 5.41) is 3.76. The van der Waals surface area contributed by atoms with Gasteiger partial charge in [-0.25, -0.2) is 4.79 Å². The Morgan fingerprint density at radius 3 is 2.45 bits per heavy atom. The van der Waals surface area contributed by atoms with Crippen LogP contribution < -0.4 is 5.32 Å². The summed E-state index contributed by atoms with van der Waals surface area (Å²) in [4.78, 5) is 23.3. The van der Waals surface area contributed by atoms with Crippen LogP contribution in [0.25, 0.3) is 0 Å². The summed E-state index contributed by atoms with van der Waals surface area (Å²) < 4.78 is 4.57. The molecule has 1 aliphatic rings. The summed E-state index contributed by atoms with van der Waals surface area (Å²) in [5.74, 6) is -0.641. The van der Waals surface area contributed by atoms with Crippen molar-refractivity contribution in [3.63, 3.8) is 0 Å². The second-order valence-corrected chi connectivity index (χ2v) is 5.78. The molecular formula is C14H15Cl2NO3. The van der Waals surface area contributed by atoms with Crippen molar-refractivity contribution < 1.29 is 14.3 Å². The van der Waals surface area contributed by atoms with E-state index in [0.29, 0.717) is 10.0 Å². The van der Waals surface area contributed by atoms with Crippen molar-refractivity contribution in [2.45, 2.75) is 25.3 Å². The zero-order valence-electron chi connectivity index (χ0n) is 11.2. The number of carbonyl (C=O) groups excluding carboxylic acids is 2. The molecule has 0 aliphatic heterocycles. The van der Waals surface area contributed by atoms with Gasteiger partial charge in [-0.05, 0) is 43.0 Å². The van der Waals surface area contributed by atoms with Crippen molar-refractivity contribution in [3.8, 4) is 0 Å². The first kappa shape index (κ1) is 15.1. The summed E-state index contributed by atoms with van der Waals surface area (Å²) in [5.41, 5.74) is 0.952. The van der Waals surface area contributed by atoms with E-state index < -0.39 is 12.0 Å². The molecule has 1 N–H and O–H groups in total. The van der Waals surface area contributed by atoms with Crippen molar-refractivity contribution in [3.05, 3.63) is 33.8 Å². The first-order chi connectivity index (χ1) is 9.42. The molecule has 108 valence electrons. The van der Waals surface area contributed by atoms with E-state index in [1.807, 2.05) is 12.1 Å². The van der Waals surface area contributed by atoms with E-state index in [9.17, 15) is 9.59 Å². The zero-order valence-corrected chi connectivity index (χ0v) is 12.7. The molecule has 1 saturated carbocycles. The Kier molecular flexibility index (Phi) is 4.55. The molecule has 3 atom stereocenters. The van der Waals surface area contributed by atoms with E-state index in [2.05, 4.69) is 10.1 Å². The number of hydrogen-bond donors (Lipinski definition) is 1. The molecule has 1 aromatic carbocycles. The van der Waals surface area contributed by atoms with Crippen LogP contribution in [0, 0.1) is 5.92 Å². The molecule has 1 aliphatic carbocycles. The van der Waals surface area contributed by atoms with Gasteiger partial charge >= 0.3 is 5.97 Å². The van der Waals surface area contributed by atoms with Crippen LogP contribution in [0.1, 0.15) is 24.8 Å². The monoisotopic (exact) mass is 315 g/mol. The number of esters is 1. The minimum Gasteiger partial charge on any atom is -0.467 e. The maximum atomic E-state index is 12.0. The summed E-state index contributed by atoms with van der Waals surface area (Å²) >= 11 is 11.9. The quantitative estimate of drug-likeness (QED) is 0.869. The van der Waals surface area contributed by atoms with Gasteiger partial charge in [0.1, 0.15) is 6.04 Å². The average Bonchev–Trinajstić information content (AvgIpc) is 3.16. The lowest BCUT2D eigenvalue weighted by Crippen LogP contribution is -2.40. The molecule has 0 saturated heterocycles. The molecule has 0 spiro atoms. The van der Waals surface area contributed by atoms with Crippen molar-refractivity contribution in [1.82, 2.24) is 5.32 Å². The number of amides is 1. The fourth-order valence-corrected chi connectivity index (χ4v) is 2.74. The number of hydrogen-bond acceptors (Lipinski definition) is 3. The normalized spacial score (nSPS) is 22.0. The van der Waals surface area contributed by atoms with Gasteiger partial charge in [-0.1, -0.05) is 23.2 Å². The third-order valence-corrected chi connectivity index (χ3v) is 3.79. The lowest BCUT2D eigenvalue weighted by Gasteiger charge is -2.11. The molecular weight excluding hydrogens is 301 g/mol. The molecule has 1 fully saturated rings. The molecule has 0 heterocycles. The highest BCUT2D eigenvalue weighted by Gasteiger charge is 2.44. The Labute approximate surface area is 127 Å². The lowest BCUT2D eigenvalue weighted by atomic mass is 10.1. The third-order valence-electron chi connectivity index (χ3n) is 3.35. The van der Waals surface area contributed by atoms with E-state index in [4.69, 9.17) is 23.2 Å². The first-order valence-corrected chi connectivity index (χ1v) is 7.02. The molecule has 20 heavy (non-hydrogen) atoms. The third kappa shape index (κ3) is 3.44. The topological polar surface area (TPSA) is 55.4 Å². The van der Waals surface area contributed by atoms with Crippen LogP contribution in [-0.4, -0.2) is 25.0 Å². The van der Waals surface area contributed by atoms with Gasteiger partial charge in [0, 0.05) is 16.0 Å². The highest BCUT2D eigenvalue weighted by atomic mass is 35.5. The number of ether oxygens (including phenoxy) is 1. The summed E-state index contributed by atoms with van der Waals surface area (Å²) in [6, 6.07) is 4.64. The smallest absolute Gasteiger partial charge is 0.328 e. The predicted octanol–water partition coefficient (Wildman–Crippen LogP) is 2.77. The van der Waals surface area contributed by atoms with Crippen molar-refractivity contribution in [1.29, 1.82) is 0 Å². The minimum atomic E-state index is -0.642. The second kappa shape index (κ2) is 6.02. The van der Waals surface area contributed by atoms with Gasteiger partial charge in [-0.2, -0.15) is 0 Å². The number of benzene rings is 1. The second-order valence-electron chi connectivity index (χ2n) is 4.90. The van der Waals surface area contributed by atoms with Crippen LogP contribution >= 0.6 is 23.2 Å². The van der Waals surface area contributed by atoms with Gasteiger partial charge in [0.2, 0.25) is 5.91 Å². The molecule has 0 radical (unpaired) electrons. The van der Waals surface area contributed by atoms with Gasteiger partial charge in [0.25, 0.3) is 0 Å². The van der Waals surface area contributed by atoms with Gasteiger partial charge < -0.3 is 10.1 Å². The molecule has 0 unspecified atom stereocenters. The average molecular weight is 316 g/mol. The van der Waals surface area contributed by atoms with E-state index in [-0.39, 0.29) is 17.7 Å². The van der Waals surface area contributed by atoms with Crippen LogP contribution in [0.5, 0.6) is 0 Å². The fourth-order valence-electron chi connectivity index (χ4n) is 2.20. The molecule has 0 bridgehead atoms. The van der Waals surface area contributed by atoms with Crippen molar-refractivity contribution >= 4 is 35.1 Å². The Hall–Kier alpha value is -1.26. The Balaban J connectivity index is 1.97. The maximum Gasteiger partial charge on any atom is 0.328 e. The van der Waals surface area contributed by atoms with Crippen molar-refractivity contribution in [2.75, 3.05) is 7.11 Å². The number of nitrogens with one attached hydrogen (secondary N) is 1. The van der Waals surface area contributed by atoms with Crippen LogP contribution in [0.3, 0.4) is 0 Å². The standard InChI is InChI=1S/C14H15Cl2NO3/c1-7(14(19)20-2)17-13(18)12-6-11(12)8-3-9(15)5-10(16)4-8/h3-5,7,11-12H,6H2,1-2H3,(H,17,18)/t7-,11-,12+/m0/s1. The SMILES string of the molecule is COC(=O)[C@H](C)NC(=O)[C@@H]1C[C@H]1c1cc(Cl)cc(Cl)c1. The summed E-state index contributed by atoms with van der Waals surface area (Å²) in [6.07, 6.45) is 0.733. The van der Waals surface area contributed by atoms with E-state index in [1.165, 1.54) is 7.11 Å². The van der Waals surface area contributed by atoms with Gasteiger partial charge in [0.05, 0.1) is 7.11 Å². The van der Waals surface area contributed by atoms with E-state index in [0.717, 1.165) is 12.0 Å². The van der Waals surface area contributed by atoms with Crippen LogP contribution in [-0.2, 0) is 14.3 Å². The van der Waals surface area contributed by atoms with Crippen molar-refractivity contribution in [2.24, 2.45) is 5.92 Å². The van der Waals surface area contributed by atoms with Crippen LogP contribution in [0.15, 0.2) is 18.2 Å². The Morgan fingerprint density at radius 1 is 1.30 bits per heavy atom. The summed E-state index contributed by atoms with van der Waals surface area (Å²) in [6.45, 7) is 1.59. The summed E-state index contributed by atoms with van der Waals surface area (Å²) in [7, 11) is 1.29. The Bertz CT molecular complexity index is 527. The van der Waals surface area contributed by atoms with Gasteiger partial charge in [-0.15, -0.1) is 0 Å².